The first-order valence-corrected chi connectivity index (χ1v) is 5.11. The van der Waals surface area contributed by atoms with Crippen LogP contribution in [0.15, 0.2) is 29.4 Å². The van der Waals surface area contributed by atoms with Crippen molar-refractivity contribution < 1.29 is 19.5 Å². The van der Waals surface area contributed by atoms with Crippen LogP contribution < -0.4 is 4.74 Å². The second kappa shape index (κ2) is 6.52. The molecule has 0 fully saturated rings. The Kier molecular flexibility index (Phi) is 5.00. The van der Waals surface area contributed by atoms with Gasteiger partial charge in [0.05, 0.1) is 12.8 Å². The summed E-state index contributed by atoms with van der Waals surface area (Å²) >= 11 is 0. The number of carbonyl (C=O) groups is 1. The van der Waals surface area contributed by atoms with Crippen molar-refractivity contribution in [2.24, 2.45) is 5.16 Å². The molecule has 0 aliphatic carbocycles. The van der Waals surface area contributed by atoms with Crippen LogP contribution in [0.3, 0.4) is 0 Å². The van der Waals surface area contributed by atoms with Crippen molar-refractivity contribution in [3.05, 3.63) is 29.8 Å². The largest absolute Gasteiger partial charge is 0.482 e. The van der Waals surface area contributed by atoms with Crippen LogP contribution in [0.2, 0.25) is 0 Å². The highest BCUT2D eigenvalue weighted by Gasteiger charge is 2.03. The molecule has 0 saturated carbocycles. The van der Waals surface area contributed by atoms with Gasteiger partial charge in [-0.2, -0.15) is 0 Å². The molecule has 0 heterocycles. The molecule has 0 atom stereocenters. The Morgan fingerprint density at radius 2 is 2.24 bits per heavy atom. The highest BCUT2D eigenvalue weighted by atomic mass is 16.6. The number of methoxy groups -OCH3 is 1. The van der Waals surface area contributed by atoms with E-state index >= 15 is 0 Å². The predicted octanol–water partition coefficient (Wildman–Crippen LogP) is 1.63. The van der Waals surface area contributed by atoms with E-state index in [0.717, 1.165) is 5.56 Å². The van der Waals surface area contributed by atoms with Crippen LogP contribution in [0, 0.1) is 0 Å². The van der Waals surface area contributed by atoms with Crippen LogP contribution >= 0.6 is 0 Å². The van der Waals surface area contributed by atoms with E-state index in [0.29, 0.717) is 17.9 Å². The first-order chi connectivity index (χ1) is 8.15. The molecule has 0 saturated heterocycles. The molecule has 0 spiro atoms. The smallest absolute Gasteiger partial charge is 0.343 e. The quantitative estimate of drug-likeness (QED) is 0.366. The summed E-state index contributed by atoms with van der Waals surface area (Å²) in [6.45, 7) is 1.61. The van der Waals surface area contributed by atoms with E-state index in [2.05, 4.69) is 9.89 Å². The SMILES string of the molecule is COC(=O)COc1cccc(CC(C)=NO)c1. The Morgan fingerprint density at radius 1 is 1.47 bits per heavy atom. The molecule has 1 aromatic rings. The summed E-state index contributed by atoms with van der Waals surface area (Å²) < 4.78 is 9.71. The average Bonchev–Trinajstić information content (AvgIpc) is 2.36. The van der Waals surface area contributed by atoms with Crippen molar-refractivity contribution in [3.63, 3.8) is 0 Å². The number of hydrogen-bond donors (Lipinski definition) is 1. The minimum absolute atomic E-state index is 0.118. The van der Waals surface area contributed by atoms with Crippen molar-refractivity contribution in [1.82, 2.24) is 0 Å². The van der Waals surface area contributed by atoms with Gasteiger partial charge in [0.1, 0.15) is 5.75 Å². The van der Waals surface area contributed by atoms with E-state index in [9.17, 15) is 4.79 Å². The first-order valence-electron chi connectivity index (χ1n) is 5.11. The van der Waals surface area contributed by atoms with Gasteiger partial charge >= 0.3 is 5.97 Å². The molecule has 0 unspecified atom stereocenters. The standard InChI is InChI=1S/C12H15NO4/c1-9(13-15)6-10-4-3-5-11(7-10)17-8-12(14)16-2/h3-5,7,15H,6,8H2,1-2H3. The molecule has 17 heavy (non-hydrogen) atoms. The van der Waals surface area contributed by atoms with Gasteiger partial charge < -0.3 is 14.7 Å². The molecule has 5 heteroatoms. The van der Waals surface area contributed by atoms with E-state index < -0.39 is 5.97 Å². The Labute approximate surface area is 99.7 Å². The van der Waals surface area contributed by atoms with E-state index in [4.69, 9.17) is 9.94 Å². The number of benzene rings is 1. The lowest BCUT2D eigenvalue weighted by Crippen LogP contribution is -2.12. The van der Waals surface area contributed by atoms with Gasteiger partial charge in [0.25, 0.3) is 0 Å². The van der Waals surface area contributed by atoms with E-state index in [1.807, 2.05) is 12.1 Å². The topological polar surface area (TPSA) is 68.1 Å². The third-order valence-electron chi connectivity index (χ3n) is 2.11. The lowest BCUT2D eigenvalue weighted by Gasteiger charge is -2.06. The fraction of sp³-hybridized carbons (Fsp3) is 0.333. The highest BCUT2D eigenvalue weighted by molar-refractivity contribution is 5.83. The minimum Gasteiger partial charge on any atom is -0.482 e. The van der Waals surface area contributed by atoms with Gasteiger partial charge in [-0.15, -0.1) is 0 Å². The molecule has 1 rings (SSSR count). The van der Waals surface area contributed by atoms with E-state index in [1.54, 1.807) is 19.1 Å². The first kappa shape index (κ1) is 13.0. The second-order valence-corrected chi connectivity index (χ2v) is 3.52. The molecular weight excluding hydrogens is 222 g/mol. The molecule has 92 valence electrons. The van der Waals surface area contributed by atoms with Crippen molar-refractivity contribution >= 4 is 11.7 Å². The molecule has 1 N–H and O–H groups in total. The second-order valence-electron chi connectivity index (χ2n) is 3.52. The van der Waals surface area contributed by atoms with Gasteiger partial charge in [0.15, 0.2) is 6.61 Å². The van der Waals surface area contributed by atoms with Crippen LogP contribution in [-0.4, -0.2) is 30.6 Å². The summed E-state index contributed by atoms with van der Waals surface area (Å²) in [5.74, 6) is 0.155. The zero-order valence-electron chi connectivity index (χ0n) is 9.84. The summed E-state index contributed by atoms with van der Waals surface area (Å²) in [6, 6.07) is 7.24. The number of nitrogens with zero attached hydrogens (tertiary/aromatic N) is 1. The molecule has 0 aromatic heterocycles. The number of carbonyl (C=O) groups excluding carboxylic acids is 1. The maximum absolute atomic E-state index is 10.9. The highest BCUT2D eigenvalue weighted by Crippen LogP contribution is 2.14. The Hall–Kier alpha value is -2.04. The Bertz CT molecular complexity index is 415. The van der Waals surface area contributed by atoms with E-state index in [1.165, 1.54) is 7.11 Å². The minimum atomic E-state index is -0.427. The van der Waals surface area contributed by atoms with Crippen LogP contribution in [0.5, 0.6) is 5.75 Å². The lowest BCUT2D eigenvalue weighted by molar-refractivity contribution is -0.142. The van der Waals surface area contributed by atoms with Gasteiger partial charge in [-0.1, -0.05) is 17.3 Å². The van der Waals surface area contributed by atoms with Gasteiger partial charge in [-0.25, -0.2) is 4.79 Å². The molecule has 0 aliphatic heterocycles. The van der Waals surface area contributed by atoms with Crippen molar-refractivity contribution in [2.75, 3.05) is 13.7 Å². The molecule has 0 bridgehead atoms. The normalized spacial score (nSPS) is 11.1. The molecule has 0 amide bonds. The van der Waals surface area contributed by atoms with Crippen LogP contribution in [0.1, 0.15) is 12.5 Å². The fourth-order valence-electron chi connectivity index (χ4n) is 1.28. The van der Waals surface area contributed by atoms with Crippen molar-refractivity contribution in [1.29, 1.82) is 0 Å². The summed E-state index contributed by atoms with van der Waals surface area (Å²) in [4.78, 5) is 10.9. The van der Waals surface area contributed by atoms with E-state index in [-0.39, 0.29) is 6.61 Å². The number of ether oxygens (including phenoxy) is 2. The number of esters is 1. The lowest BCUT2D eigenvalue weighted by atomic mass is 10.1. The van der Waals surface area contributed by atoms with Crippen molar-refractivity contribution in [3.8, 4) is 5.75 Å². The van der Waals surface area contributed by atoms with Gasteiger partial charge in [-0.05, 0) is 24.6 Å². The van der Waals surface area contributed by atoms with Gasteiger partial charge in [0.2, 0.25) is 0 Å². The van der Waals surface area contributed by atoms with Crippen LogP contribution in [0.25, 0.3) is 0 Å². The van der Waals surface area contributed by atoms with Crippen LogP contribution in [0.4, 0.5) is 0 Å². The zero-order chi connectivity index (χ0) is 12.7. The number of rotatable bonds is 5. The van der Waals surface area contributed by atoms with Crippen LogP contribution in [-0.2, 0) is 16.0 Å². The molecule has 0 aliphatic rings. The summed E-state index contributed by atoms with van der Waals surface area (Å²) in [5.41, 5.74) is 1.55. The third kappa shape index (κ3) is 4.55. The summed E-state index contributed by atoms with van der Waals surface area (Å²) in [6.07, 6.45) is 0.534. The van der Waals surface area contributed by atoms with Gasteiger partial charge in [-0.3, -0.25) is 0 Å². The third-order valence-corrected chi connectivity index (χ3v) is 2.11. The fourth-order valence-corrected chi connectivity index (χ4v) is 1.28. The average molecular weight is 237 g/mol. The summed E-state index contributed by atoms with van der Waals surface area (Å²) in [7, 11) is 1.31. The maximum atomic E-state index is 10.9. The molecular formula is C12H15NO4. The maximum Gasteiger partial charge on any atom is 0.343 e. The molecule has 1 aromatic carbocycles. The van der Waals surface area contributed by atoms with Crippen molar-refractivity contribution in [2.45, 2.75) is 13.3 Å². The Morgan fingerprint density at radius 3 is 2.88 bits per heavy atom. The number of hydrogen-bond acceptors (Lipinski definition) is 5. The van der Waals surface area contributed by atoms with Gasteiger partial charge in [0, 0.05) is 6.42 Å². The Balaban J connectivity index is 2.62. The predicted molar refractivity (Wildman–Crippen MR) is 62.6 cm³/mol. The number of oxime groups is 1. The monoisotopic (exact) mass is 237 g/mol. The zero-order valence-corrected chi connectivity index (χ0v) is 9.84. The summed E-state index contributed by atoms with van der Waals surface area (Å²) in [5, 5.41) is 11.7. The molecule has 0 radical (unpaired) electrons. The molecule has 5 nitrogen and oxygen atoms in total.